The third kappa shape index (κ3) is 6.41. The van der Waals surface area contributed by atoms with Gasteiger partial charge in [0.05, 0.1) is 0 Å². The normalized spacial score (nSPS) is 12.1. The van der Waals surface area contributed by atoms with Crippen LogP contribution in [-0.2, 0) is 16.6 Å². The summed E-state index contributed by atoms with van der Waals surface area (Å²) in [4.78, 5) is 47.3. The van der Waals surface area contributed by atoms with Gasteiger partial charge in [-0.25, -0.2) is 4.39 Å². The fraction of sp³-hybridized carbons (Fsp3) is 0.241. The second-order valence-electron chi connectivity index (χ2n) is 9.87. The third-order valence-corrected chi connectivity index (χ3v) is 6.89. The maximum Gasteiger partial charge on any atom is 0.305 e. The van der Waals surface area contributed by atoms with Gasteiger partial charge in [0.2, 0.25) is 5.91 Å². The van der Waals surface area contributed by atoms with Crippen molar-refractivity contribution in [3.8, 4) is 0 Å². The third-order valence-electron chi connectivity index (χ3n) is 6.07. The number of hydrogen-bond donors (Lipinski definition) is 2. The molecule has 2 amide bonds. The van der Waals surface area contributed by atoms with Crippen LogP contribution in [0.2, 0.25) is 0 Å². The zero-order valence-electron chi connectivity index (χ0n) is 21.4. The summed E-state index contributed by atoms with van der Waals surface area (Å²) >= 11 is 0.782. The molecular weight excluding hydrogens is 503 g/mol. The number of amides is 2. The molecular formula is C29H29FN4O3S. The van der Waals surface area contributed by atoms with Gasteiger partial charge in [0, 0.05) is 36.4 Å². The molecule has 0 bridgehead atoms. The fourth-order valence-corrected chi connectivity index (χ4v) is 4.71. The van der Waals surface area contributed by atoms with Gasteiger partial charge in [-0.3, -0.25) is 24.3 Å². The summed E-state index contributed by atoms with van der Waals surface area (Å²) in [6, 6.07) is 16.0. The first-order chi connectivity index (χ1) is 18.1. The molecule has 0 spiro atoms. The first-order valence-corrected chi connectivity index (χ1v) is 13.0. The van der Waals surface area contributed by atoms with Crippen molar-refractivity contribution < 1.29 is 14.0 Å². The number of aromatic amines is 1. The minimum Gasteiger partial charge on any atom is -0.354 e. The monoisotopic (exact) mass is 532 g/mol. The molecule has 4 rings (SSSR count). The van der Waals surface area contributed by atoms with Gasteiger partial charge in [-0.15, -0.1) is 0 Å². The Morgan fingerprint density at radius 2 is 1.87 bits per heavy atom. The predicted molar refractivity (Wildman–Crippen MR) is 147 cm³/mol. The number of thiazole rings is 1. The maximum absolute atomic E-state index is 13.8. The van der Waals surface area contributed by atoms with Crippen molar-refractivity contribution in [1.29, 1.82) is 0 Å². The summed E-state index contributed by atoms with van der Waals surface area (Å²) in [5, 5.41) is 2.90. The van der Waals surface area contributed by atoms with E-state index in [-0.39, 0.29) is 27.5 Å². The van der Waals surface area contributed by atoms with Crippen LogP contribution in [0.15, 0.2) is 84.0 Å². The first kappa shape index (κ1) is 26.9. The van der Waals surface area contributed by atoms with Crippen LogP contribution in [-0.4, -0.2) is 28.3 Å². The topological polar surface area (TPSA) is 95.2 Å². The van der Waals surface area contributed by atoms with Gasteiger partial charge in [-0.05, 0) is 53.3 Å². The van der Waals surface area contributed by atoms with E-state index in [9.17, 15) is 18.8 Å². The van der Waals surface area contributed by atoms with Crippen LogP contribution in [0, 0.1) is 5.82 Å². The quantitative estimate of drug-likeness (QED) is 0.333. The first-order valence-electron chi connectivity index (χ1n) is 12.2. The number of H-pyrrole nitrogens is 1. The van der Waals surface area contributed by atoms with Crippen molar-refractivity contribution in [2.75, 3.05) is 11.4 Å². The average Bonchev–Trinajstić information content (AvgIpc) is 3.33. The highest BCUT2D eigenvalue weighted by Crippen LogP contribution is 2.32. The highest BCUT2D eigenvalue weighted by Gasteiger charge is 2.34. The molecule has 2 aromatic carbocycles. The molecule has 0 aliphatic rings. The molecule has 7 nitrogen and oxygen atoms in total. The molecule has 0 aliphatic heterocycles. The molecule has 196 valence electrons. The number of pyridine rings is 1. The molecule has 4 aromatic rings. The Hall–Kier alpha value is -4.11. The van der Waals surface area contributed by atoms with Gasteiger partial charge in [0.15, 0.2) is 0 Å². The summed E-state index contributed by atoms with van der Waals surface area (Å²) in [7, 11) is 0. The van der Waals surface area contributed by atoms with E-state index in [2.05, 4.69) is 36.1 Å². The van der Waals surface area contributed by atoms with Gasteiger partial charge in [0.1, 0.15) is 16.7 Å². The molecule has 0 saturated heterocycles. The van der Waals surface area contributed by atoms with Crippen molar-refractivity contribution >= 4 is 28.8 Å². The van der Waals surface area contributed by atoms with Crippen LogP contribution in [0.5, 0.6) is 0 Å². The Morgan fingerprint density at radius 3 is 2.47 bits per heavy atom. The van der Waals surface area contributed by atoms with Crippen molar-refractivity contribution in [2.45, 2.75) is 38.6 Å². The fourth-order valence-electron chi connectivity index (χ4n) is 4.09. The molecule has 2 heterocycles. The largest absolute Gasteiger partial charge is 0.354 e. The number of aromatic nitrogens is 2. The number of benzene rings is 2. The van der Waals surface area contributed by atoms with E-state index in [1.54, 1.807) is 48.8 Å². The van der Waals surface area contributed by atoms with E-state index in [1.165, 1.54) is 23.2 Å². The number of nitrogens with one attached hydrogen (secondary N) is 2. The molecule has 1 unspecified atom stereocenters. The number of halogens is 1. The van der Waals surface area contributed by atoms with Crippen molar-refractivity contribution in [2.24, 2.45) is 0 Å². The summed E-state index contributed by atoms with van der Waals surface area (Å²) in [5.41, 5.74) is 2.71. The van der Waals surface area contributed by atoms with E-state index in [0.717, 1.165) is 22.5 Å². The molecule has 9 heteroatoms. The van der Waals surface area contributed by atoms with Crippen LogP contribution in [0.25, 0.3) is 0 Å². The molecule has 0 aliphatic carbocycles. The maximum atomic E-state index is 13.8. The number of carbonyl (C=O) groups is 2. The lowest BCUT2D eigenvalue weighted by Gasteiger charge is -2.31. The SMILES string of the molecule is CC(C)(C)c1ccc(N(C(=O)c2c[nH]c(=O)s2)C(C(=O)NCCc2cccc(F)c2)c2cccnc2)cc1. The molecule has 0 radical (unpaired) electrons. The van der Waals surface area contributed by atoms with E-state index in [1.807, 2.05) is 12.1 Å². The molecule has 38 heavy (non-hydrogen) atoms. The zero-order chi connectivity index (χ0) is 27.3. The molecule has 1 atom stereocenters. The van der Waals surface area contributed by atoms with Gasteiger partial charge in [-0.2, -0.15) is 0 Å². The lowest BCUT2D eigenvalue weighted by atomic mass is 9.87. The lowest BCUT2D eigenvalue weighted by Crippen LogP contribution is -2.44. The van der Waals surface area contributed by atoms with Crippen molar-refractivity contribution in [3.05, 3.63) is 116 Å². The summed E-state index contributed by atoms with van der Waals surface area (Å²) in [6.07, 6.45) is 4.90. The Morgan fingerprint density at radius 1 is 1.11 bits per heavy atom. The van der Waals surface area contributed by atoms with E-state index < -0.39 is 17.9 Å². The molecule has 0 fully saturated rings. The molecule has 2 aromatic heterocycles. The van der Waals surface area contributed by atoms with E-state index in [0.29, 0.717) is 17.7 Å². The number of hydrogen-bond acceptors (Lipinski definition) is 5. The van der Waals surface area contributed by atoms with Crippen molar-refractivity contribution in [1.82, 2.24) is 15.3 Å². The Bertz CT molecular complexity index is 1460. The summed E-state index contributed by atoms with van der Waals surface area (Å²) < 4.78 is 13.6. The lowest BCUT2D eigenvalue weighted by molar-refractivity contribution is -0.122. The smallest absolute Gasteiger partial charge is 0.305 e. The van der Waals surface area contributed by atoms with Crippen LogP contribution in [0.1, 0.15) is 53.2 Å². The van der Waals surface area contributed by atoms with E-state index >= 15 is 0 Å². The van der Waals surface area contributed by atoms with Crippen molar-refractivity contribution in [3.63, 3.8) is 0 Å². The summed E-state index contributed by atoms with van der Waals surface area (Å²) in [5.74, 6) is -1.26. The number of carbonyl (C=O) groups excluding carboxylic acids is 2. The standard InChI is InChI=1S/C29H29FN4O3S/c1-29(2,3)21-9-11-23(12-10-21)34(27(36)24-18-33-28(37)38-24)25(20-7-5-14-31-17-20)26(35)32-15-13-19-6-4-8-22(30)16-19/h4-12,14,16-18,25H,13,15H2,1-3H3,(H,32,35)(H,33,37). The van der Waals surface area contributed by atoms with Gasteiger partial charge >= 0.3 is 4.87 Å². The van der Waals surface area contributed by atoms with Crippen LogP contribution in [0.3, 0.4) is 0 Å². The Kier molecular flexibility index (Phi) is 8.16. The highest BCUT2D eigenvalue weighted by molar-refractivity contribution is 7.11. The van der Waals surface area contributed by atoms with Gasteiger partial charge in [-0.1, -0.05) is 62.4 Å². The Balaban J connectivity index is 1.72. The average molecular weight is 533 g/mol. The summed E-state index contributed by atoms with van der Waals surface area (Å²) in [6.45, 7) is 6.51. The molecule has 0 saturated carbocycles. The minimum absolute atomic E-state index is 0.107. The van der Waals surface area contributed by atoms with Gasteiger partial charge in [0.25, 0.3) is 5.91 Å². The second-order valence-corrected chi connectivity index (χ2v) is 10.9. The number of anilines is 1. The minimum atomic E-state index is -1.07. The van der Waals surface area contributed by atoms with Crippen LogP contribution >= 0.6 is 11.3 Å². The number of rotatable bonds is 8. The number of nitrogens with zero attached hydrogens (tertiary/aromatic N) is 2. The highest BCUT2D eigenvalue weighted by atomic mass is 32.1. The molecule has 2 N–H and O–H groups in total. The Labute approximate surface area is 224 Å². The zero-order valence-corrected chi connectivity index (χ0v) is 22.2. The van der Waals surface area contributed by atoms with E-state index in [4.69, 9.17) is 0 Å². The van der Waals surface area contributed by atoms with Crippen LogP contribution < -0.4 is 15.1 Å². The predicted octanol–water partition coefficient (Wildman–Crippen LogP) is 5.02. The van der Waals surface area contributed by atoms with Crippen LogP contribution in [0.4, 0.5) is 10.1 Å². The second kappa shape index (κ2) is 11.5. The van der Waals surface area contributed by atoms with Gasteiger partial charge < -0.3 is 10.3 Å².